The predicted molar refractivity (Wildman–Crippen MR) is 82.6 cm³/mol. The Morgan fingerprint density at radius 3 is 2.76 bits per heavy atom. The molecule has 0 aliphatic rings. The number of aliphatic hydroxyl groups is 1. The van der Waals surface area contributed by atoms with Gasteiger partial charge in [-0.05, 0) is 36.4 Å². The fourth-order valence-corrected chi connectivity index (χ4v) is 2.59. The first-order valence-corrected chi connectivity index (χ1v) is 7.59. The van der Waals surface area contributed by atoms with Gasteiger partial charge in [-0.2, -0.15) is 5.26 Å². The van der Waals surface area contributed by atoms with Gasteiger partial charge in [0.25, 0.3) is 0 Å². The Morgan fingerprint density at radius 1 is 1.33 bits per heavy atom. The van der Waals surface area contributed by atoms with Crippen LogP contribution in [0, 0.1) is 11.3 Å². The van der Waals surface area contributed by atoms with Gasteiger partial charge in [-0.1, -0.05) is 11.6 Å². The van der Waals surface area contributed by atoms with Crippen molar-refractivity contribution in [1.82, 2.24) is 4.98 Å². The summed E-state index contributed by atoms with van der Waals surface area (Å²) in [6.45, 7) is 0.170. The highest BCUT2D eigenvalue weighted by atomic mass is 35.5. The van der Waals surface area contributed by atoms with Crippen molar-refractivity contribution < 1.29 is 9.84 Å². The number of ether oxygens (including phenoxy) is 1. The van der Waals surface area contributed by atoms with E-state index < -0.39 is 6.10 Å². The molecule has 0 aliphatic heterocycles. The van der Waals surface area contributed by atoms with Crippen LogP contribution in [0.5, 0.6) is 5.75 Å². The molecule has 0 radical (unpaired) electrons. The molecule has 0 amide bonds. The van der Waals surface area contributed by atoms with Crippen molar-refractivity contribution in [2.75, 3.05) is 12.4 Å². The van der Waals surface area contributed by atoms with Crippen LogP contribution in [0.3, 0.4) is 0 Å². The third kappa shape index (κ3) is 4.94. The fourth-order valence-electron chi connectivity index (χ4n) is 1.52. The zero-order valence-corrected chi connectivity index (χ0v) is 12.6. The van der Waals surface area contributed by atoms with E-state index in [0.717, 1.165) is 0 Å². The van der Waals surface area contributed by atoms with Gasteiger partial charge in [-0.3, -0.25) is 0 Å². The molecule has 2 aromatic rings. The van der Waals surface area contributed by atoms with E-state index in [-0.39, 0.29) is 6.61 Å². The van der Waals surface area contributed by atoms with Gasteiger partial charge in [-0.25, -0.2) is 4.98 Å². The Balaban J connectivity index is 1.78. The van der Waals surface area contributed by atoms with Crippen LogP contribution in [-0.2, 0) is 0 Å². The number of benzene rings is 1. The van der Waals surface area contributed by atoms with E-state index in [1.165, 1.54) is 11.8 Å². The SMILES string of the molecule is N#Cc1ccc(OCC(O)CSc2ncccc2Cl)cc1. The standard InChI is InChI=1S/C15H13ClN2O2S/c16-14-2-1-7-18-15(14)21-10-12(19)9-20-13-5-3-11(8-17)4-6-13/h1-7,12,19H,9-10H2. The summed E-state index contributed by atoms with van der Waals surface area (Å²) in [4.78, 5) is 4.14. The minimum atomic E-state index is -0.635. The van der Waals surface area contributed by atoms with Gasteiger partial charge in [0.2, 0.25) is 0 Å². The molecule has 0 fully saturated rings. The van der Waals surface area contributed by atoms with Crippen molar-refractivity contribution in [2.45, 2.75) is 11.1 Å². The van der Waals surface area contributed by atoms with Gasteiger partial charge in [0.1, 0.15) is 17.4 Å². The van der Waals surface area contributed by atoms with E-state index in [1.807, 2.05) is 6.07 Å². The van der Waals surface area contributed by atoms with Gasteiger partial charge in [0, 0.05) is 11.9 Å². The number of hydrogen-bond acceptors (Lipinski definition) is 5. The molecule has 1 aromatic heterocycles. The first-order valence-electron chi connectivity index (χ1n) is 6.23. The molecule has 0 bridgehead atoms. The van der Waals surface area contributed by atoms with E-state index in [1.54, 1.807) is 42.6 Å². The van der Waals surface area contributed by atoms with Crippen LogP contribution in [0.4, 0.5) is 0 Å². The highest BCUT2D eigenvalue weighted by Gasteiger charge is 2.09. The van der Waals surface area contributed by atoms with Crippen molar-refractivity contribution in [3.05, 3.63) is 53.2 Å². The monoisotopic (exact) mass is 320 g/mol. The van der Waals surface area contributed by atoms with Crippen LogP contribution >= 0.6 is 23.4 Å². The number of hydrogen-bond donors (Lipinski definition) is 1. The van der Waals surface area contributed by atoms with Crippen molar-refractivity contribution in [2.24, 2.45) is 0 Å². The Morgan fingerprint density at radius 2 is 2.10 bits per heavy atom. The molecule has 4 nitrogen and oxygen atoms in total. The van der Waals surface area contributed by atoms with Gasteiger partial charge in [0.15, 0.2) is 0 Å². The number of rotatable bonds is 6. The van der Waals surface area contributed by atoms with Gasteiger partial charge < -0.3 is 9.84 Å². The molecule has 1 atom stereocenters. The van der Waals surface area contributed by atoms with Crippen LogP contribution < -0.4 is 4.74 Å². The minimum Gasteiger partial charge on any atom is -0.491 e. The summed E-state index contributed by atoms with van der Waals surface area (Å²) in [6, 6.07) is 12.3. The van der Waals surface area contributed by atoms with E-state index >= 15 is 0 Å². The lowest BCUT2D eigenvalue weighted by Gasteiger charge is -2.12. The summed E-state index contributed by atoms with van der Waals surface area (Å²) in [5, 5.41) is 19.9. The van der Waals surface area contributed by atoms with E-state index in [9.17, 15) is 5.11 Å². The van der Waals surface area contributed by atoms with Crippen molar-refractivity contribution >= 4 is 23.4 Å². The fraction of sp³-hybridized carbons (Fsp3) is 0.200. The summed E-state index contributed by atoms with van der Waals surface area (Å²) >= 11 is 7.37. The second-order valence-electron chi connectivity index (χ2n) is 4.20. The average Bonchev–Trinajstić information content (AvgIpc) is 2.52. The van der Waals surface area contributed by atoms with Crippen LogP contribution in [0.1, 0.15) is 5.56 Å². The van der Waals surface area contributed by atoms with Crippen LogP contribution in [0.15, 0.2) is 47.6 Å². The maximum atomic E-state index is 9.89. The highest BCUT2D eigenvalue weighted by Crippen LogP contribution is 2.24. The number of thioether (sulfide) groups is 1. The summed E-state index contributed by atoms with van der Waals surface area (Å²) in [5.41, 5.74) is 0.572. The third-order valence-electron chi connectivity index (χ3n) is 2.56. The lowest BCUT2D eigenvalue weighted by molar-refractivity contribution is 0.126. The van der Waals surface area contributed by atoms with E-state index in [2.05, 4.69) is 4.98 Å². The van der Waals surface area contributed by atoms with Gasteiger partial charge in [-0.15, -0.1) is 11.8 Å². The average molecular weight is 321 g/mol. The molecular formula is C15H13ClN2O2S. The second kappa shape index (κ2) is 7.89. The number of halogens is 1. The molecule has 1 heterocycles. The topological polar surface area (TPSA) is 66.1 Å². The molecule has 0 aliphatic carbocycles. The van der Waals surface area contributed by atoms with Gasteiger partial charge in [0.05, 0.1) is 22.8 Å². The molecule has 21 heavy (non-hydrogen) atoms. The number of nitrogens with zero attached hydrogens (tertiary/aromatic N) is 2. The number of nitriles is 1. The Kier molecular flexibility index (Phi) is 5.88. The molecule has 1 aromatic carbocycles. The quantitative estimate of drug-likeness (QED) is 0.828. The molecule has 1 N–H and O–H groups in total. The number of aromatic nitrogens is 1. The predicted octanol–water partition coefficient (Wildman–Crippen LogP) is 3.14. The summed E-state index contributed by atoms with van der Waals surface area (Å²) in [7, 11) is 0. The Hall–Kier alpha value is -1.74. The van der Waals surface area contributed by atoms with Gasteiger partial charge >= 0.3 is 0 Å². The van der Waals surface area contributed by atoms with Crippen LogP contribution in [-0.4, -0.2) is 28.6 Å². The molecule has 108 valence electrons. The Bertz CT molecular complexity index is 628. The van der Waals surface area contributed by atoms with E-state index in [4.69, 9.17) is 21.6 Å². The molecule has 2 rings (SSSR count). The number of pyridine rings is 1. The zero-order valence-electron chi connectivity index (χ0n) is 11.1. The molecule has 0 saturated carbocycles. The molecule has 0 saturated heterocycles. The van der Waals surface area contributed by atoms with Crippen molar-refractivity contribution in [3.63, 3.8) is 0 Å². The largest absolute Gasteiger partial charge is 0.491 e. The minimum absolute atomic E-state index is 0.170. The molecule has 6 heteroatoms. The second-order valence-corrected chi connectivity index (χ2v) is 5.62. The first kappa shape index (κ1) is 15.6. The van der Waals surface area contributed by atoms with E-state index in [0.29, 0.717) is 27.1 Å². The molecular weight excluding hydrogens is 308 g/mol. The van der Waals surface area contributed by atoms with Crippen LogP contribution in [0.25, 0.3) is 0 Å². The maximum Gasteiger partial charge on any atom is 0.119 e. The zero-order chi connectivity index (χ0) is 15.1. The lowest BCUT2D eigenvalue weighted by atomic mass is 10.2. The Labute approximate surface area is 132 Å². The summed E-state index contributed by atoms with van der Waals surface area (Å²) in [6.07, 6.45) is 1.03. The maximum absolute atomic E-state index is 9.89. The van der Waals surface area contributed by atoms with Crippen LogP contribution in [0.2, 0.25) is 5.02 Å². The smallest absolute Gasteiger partial charge is 0.119 e. The first-order chi connectivity index (χ1) is 10.2. The third-order valence-corrected chi connectivity index (χ3v) is 4.13. The lowest BCUT2D eigenvalue weighted by Crippen LogP contribution is -2.20. The summed E-state index contributed by atoms with van der Waals surface area (Å²) in [5.74, 6) is 1.06. The highest BCUT2D eigenvalue weighted by molar-refractivity contribution is 7.99. The normalized spacial score (nSPS) is 11.7. The molecule has 1 unspecified atom stereocenters. The van der Waals surface area contributed by atoms with Crippen molar-refractivity contribution in [3.8, 4) is 11.8 Å². The van der Waals surface area contributed by atoms with Crippen molar-refractivity contribution in [1.29, 1.82) is 5.26 Å². The number of aliphatic hydroxyl groups excluding tert-OH is 1. The molecule has 0 spiro atoms. The summed E-state index contributed by atoms with van der Waals surface area (Å²) < 4.78 is 5.46.